The maximum absolute atomic E-state index is 13.0. The fourth-order valence-electron chi connectivity index (χ4n) is 1.39. The molecule has 78 valence electrons. The standard InChI is InChI=1S/C10H11FN4/c1-6-4-7(2-3-8(6)11)10(12)9-5-13-15-14-9/h2-5,10H,12H2,1H3,(H,13,14,15). The summed E-state index contributed by atoms with van der Waals surface area (Å²) < 4.78 is 13.0. The molecule has 1 atom stereocenters. The fraction of sp³-hybridized carbons (Fsp3) is 0.200. The number of hydrogen-bond donors (Lipinski definition) is 2. The van der Waals surface area contributed by atoms with Crippen LogP contribution in [0.1, 0.15) is 22.9 Å². The second kappa shape index (κ2) is 3.78. The summed E-state index contributed by atoms with van der Waals surface area (Å²) in [5.41, 5.74) is 7.97. The molecule has 0 radical (unpaired) electrons. The molecule has 0 aliphatic heterocycles. The molecule has 4 nitrogen and oxygen atoms in total. The lowest BCUT2D eigenvalue weighted by molar-refractivity contribution is 0.616. The number of H-pyrrole nitrogens is 1. The van der Waals surface area contributed by atoms with E-state index in [-0.39, 0.29) is 11.9 Å². The largest absolute Gasteiger partial charge is 0.319 e. The van der Waals surface area contributed by atoms with E-state index < -0.39 is 0 Å². The number of aromatic nitrogens is 3. The van der Waals surface area contributed by atoms with E-state index in [9.17, 15) is 4.39 Å². The van der Waals surface area contributed by atoms with Gasteiger partial charge in [-0.05, 0) is 24.1 Å². The molecule has 0 aliphatic carbocycles. The lowest BCUT2D eigenvalue weighted by Gasteiger charge is -2.09. The van der Waals surface area contributed by atoms with E-state index in [1.165, 1.54) is 6.07 Å². The van der Waals surface area contributed by atoms with Crippen LogP contribution in [-0.2, 0) is 0 Å². The van der Waals surface area contributed by atoms with Crippen molar-refractivity contribution >= 4 is 0 Å². The van der Waals surface area contributed by atoms with E-state index in [4.69, 9.17) is 5.73 Å². The van der Waals surface area contributed by atoms with Crippen LogP contribution in [0, 0.1) is 12.7 Å². The maximum atomic E-state index is 13.0. The van der Waals surface area contributed by atoms with Gasteiger partial charge < -0.3 is 5.73 Å². The third-order valence-electron chi connectivity index (χ3n) is 2.29. The smallest absolute Gasteiger partial charge is 0.126 e. The molecule has 1 aromatic heterocycles. The van der Waals surface area contributed by atoms with Crippen LogP contribution in [0.3, 0.4) is 0 Å². The molecular formula is C10H11FN4. The number of benzene rings is 1. The lowest BCUT2D eigenvalue weighted by atomic mass is 10.0. The van der Waals surface area contributed by atoms with Crippen LogP contribution in [0.5, 0.6) is 0 Å². The summed E-state index contributed by atoms with van der Waals surface area (Å²) in [6, 6.07) is 4.41. The molecule has 3 N–H and O–H groups in total. The van der Waals surface area contributed by atoms with E-state index >= 15 is 0 Å². The summed E-state index contributed by atoms with van der Waals surface area (Å²) in [7, 11) is 0. The molecule has 0 saturated heterocycles. The number of hydrogen-bond acceptors (Lipinski definition) is 3. The Morgan fingerprint density at radius 3 is 2.87 bits per heavy atom. The lowest BCUT2D eigenvalue weighted by Crippen LogP contribution is -2.12. The summed E-state index contributed by atoms with van der Waals surface area (Å²) in [5, 5.41) is 10.1. The first-order valence-corrected chi connectivity index (χ1v) is 4.56. The second-order valence-electron chi connectivity index (χ2n) is 3.38. The van der Waals surface area contributed by atoms with Crippen LogP contribution in [0.15, 0.2) is 24.4 Å². The van der Waals surface area contributed by atoms with Gasteiger partial charge in [0.05, 0.1) is 12.2 Å². The molecule has 0 fully saturated rings. The number of halogens is 1. The van der Waals surface area contributed by atoms with Gasteiger partial charge in [0.15, 0.2) is 0 Å². The molecule has 1 unspecified atom stereocenters. The van der Waals surface area contributed by atoms with Gasteiger partial charge >= 0.3 is 0 Å². The van der Waals surface area contributed by atoms with Gasteiger partial charge in [0, 0.05) is 0 Å². The Labute approximate surface area is 86.3 Å². The number of aryl methyl sites for hydroxylation is 1. The van der Waals surface area contributed by atoms with Gasteiger partial charge in [0.25, 0.3) is 0 Å². The Hall–Kier alpha value is -1.75. The number of rotatable bonds is 2. The minimum Gasteiger partial charge on any atom is -0.319 e. The summed E-state index contributed by atoms with van der Waals surface area (Å²) in [4.78, 5) is 0. The van der Waals surface area contributed by atoms with E-state index in [0.717, 1.165) is 5.56 Å². The first-order chi connectivity index (χ1) is 7.18. The Balaban J connectivity index is 2.34. The Morgan fingerprint density at radius 2 is 2.27 bits per heavy atom. The number of nitrogens with zero attached hydrogens (tertiary/aromatic N) is 2. The van der Waals surface area contributed by atoms with E-state index in [1.54, 1.807) is 25.3 Å². The topological polar surface area (TPSA) is 67.6 Å². The van der Waals surface area contributed by atoms with Crippen molar-refractivity contribution in [1.29, 1.82) is 0 Å². The fourth-order valence-corrected chi connectivity index (χ4v) is 1.39. The molecule has 5 heteroatoms. The Kier molecular flexibility index (Phi) is 2.47. The molecule has 0 bridgehead atoms. The molecule has 2 rings (SSSR count). The van der Waals surface area contributed by atoms with Crippen LogP contribution in [0.25, 0.3) is 0 Å². The average molecular weight is 206 g/mol. The highest BCUT2D eigenvalue weighted by Crippen LogP contribution is 2.19. The van der Waals surface area contributed by atoms with Gasteiger partial charge in [-0.1, -0.05) is 12.1 Å². The van der Waals surface area contributed by atoms with Crippen molar-refractivity contribution in [3.8, 4) is 0 Å². The third-order valence-corrected chi connectivity index (χ3v) is 2.29. The van der Waals surface area contributed by atoms with Gasteiger partial charge in [-0.25, -0.2) is 4.39 Å². The van der Waals surface area contributed by atoms with Crippen molar-refractivity contribution in [3.05, 3.63) is 47.0 Å². The number of nitrogens with two attached hydrogens (primary N) is 1. The third kappa shape index (κ3) is 1.87. The quantitative estimate of drug-likeness (QED) is 0.778. The summed E-state index contributed by atoms with van der Waals surface area (Å²) >= 11 is 0. The van der Waals surface area contributed by atoms with Crippen LogP contribution < -0.4 is 5.73 Å². The Bertz CT molecular complexity index is 452. The molecule has 0 aliphatic rings. The molecule has 1 heterocycles. The summed E-state index contributed by atoms with van der Waals surface area (Å²) in [5.74, 6) is -0.230. The van der Waals surface area contributed by atoms with Gasteiger partial charge in [0.2, 0.25) is 0 Å². The molecule has 0 saturated carbocycles. The molecule has 2 aromatic rings. The maximum Gasteiger partial charge on any atom is 0.126 e. The Morgan fingerprint density at radius 1 is 1.47 bits per heavy atom. The summed E-state index contributed by atoms with van der Waals surface area (Å²) in [6.07, 6.45) is 1.56. The minimum absolute atomic E-state index is 0.230. The number of aromatic amines is 1. The monoisotopic (exact) mass is 206 g/mol. The highest BCUT2D eigenvalue weighted by molar-refractivity contribution is 5.30. The van der Waals surface area contributed by atoms with Gasteiger partial charge in [-0.2, -0.15) is 15.4 Å². The van der Waals surface area contributed by atoms with E-state index in [2.05, 4.69) is 15.4 Å². The molecule has 0 amide bonds. The van der Waals surface area contributed by atoms with Crippen LogP contribution in [0.2, 0.25) is 0 Å². The predicted molar refractivity (Wildman–Crippen MR) is 53.6 cm³/mol. The molecule has 0 spiro atoms. The van der Waals surface area contributed by atoms with Crippen LogP contribution in [-0.4, -0.2) is 15.4 Å². The number of nitrogens with one attached hydrogen (secondary N) is 1. The summed E-state index contributed by atoms with van der Waals surface area (Å²) in [6.45, 7) is 1.70. The second-order valence-corrected chi connectivity index (χ2v) is 3.38. The highest BCUT2D eigenvalue weighted by Gasteiger charge is 2.12. The van der Waals surface area contributed by atoms with Gasteiger partial charge in [-0.15, -0.1) is 0 Å². The van der Waals surface area contributed by atoms with Crippen molar-refractivity contribution in [2.45, 2.75) is 13.0 Å². The van der Waals surface area contributed by atoms with Crippen molar-refractivity contribution in [3.63, 3.8) is 0 Å². The highest BCUT2D eigenvalue weighted by atomic mass is 19.1. The van der Waals surface area contributed by atoms with Crippen molar-refractivity contribution < 1.29 is 4.39 Å². The molecule has 15 heavy (non-hydrogen) atoms. The first-order valence-electron chi connectivity index (χ1n) is 4.56. The van der Waals surface area contributed by atoms with Crippen molar-refractivity contribution in [1.82, 2.24) is 15.4 Å². The zero-order valence-corrected chi connectivity index (χ0v) is 8.24. The molecule has 1 aromatic carbocycles. The van der Waals surface area contributed by atoms with Crippen LogP contribution in [0.4, 0.5) is 4.39 Å². The predicted octanol–water partition coefficient (Wildman–Crippen LogP) is 1.30. The minimum atomic E-state index is -0.372. The average Bonchev–Trinajstić information content (AvgIpc) is 2.74. The normalized spacial score (nSPS) is 12.7. The van der Waals surface area contributed by atoms with Gasteiger partial charge in [-0.3, -0.25) is 0 Å². The van der Waals surface area contributed by atoms with Crippen LogP contribution >= 0.6 is 0 Å². The zero-order valence-electron chi connectivity index (χ0n) is 8.24. The molecular weight excluding hydrogens is 195 g/mol. The van der Waals surface area contributed by atoms with E-state index in [0.29, 0.717) is 11.3 Å². The van der Waals surface area contributed by atoms with Crippen molar-refractivity contribution in [2.24, 2.45) is 5.73 Å². The zero-order chi connectivity index (χ0) is 10.8. The van der Waals surface area contributed by atoms with Gasteiger partial charge in [0.1, 0.15) is 11.5 Å². The first kappa shape index (κ1) is 9.79. The van der Waals surface area contributed by atoms with Crippen molar-refractivity contribution in [2.75, 3.05) is 0 Å². The SMILES string of the molecule is Cc1cc(C(N)c2cn[nH]n2)ccc1F. The van der Waals surface area contributed by atoms with E-state index in [1.807, 2.05) is 0 Å².